The number of hydrogen-bond donors (Lipinski definition) is 2. The van der Waals surface area contributed by atoms with Gasteiger partial charge in [-0.3, -0.25) is 4.79 Å². The van der Waals surface area contributed by atoms with Crippen LogP contribution in [0, 0.1) is 6.92 Å². The minimum Gasteiger partial charge on any atom is -0.373 e. The Labute approximate surface area is 107 Å². The minimum absolute atomic E-state index is 0.282. The number of aryl methyl sites for hydroxylation is 1. The molecule has 0 aromatic heterocycles. The van der Waals surface area contributed by atoms with Crippen molar-refractivity contribution >= 4 is 23.4 Å². The van der Waals surface area contributed by atoms with E-state index in [0.717, 1.165) is 29.2 Å². The normalized spacial score (nSPS) is 12.1. The fourth-order valence-corrected chi connectivity index (χ4v) is 2.24. The maximum absolute atomic E-state index is 11.4. The Hall–Kier alpha value is -1.16. The van der Waals surface area contributed by atoms with E-state index in [1.165, 1.54) is 0 Å². The van der Waals surface area contributed by atoms with Gasteiger partial charge in [-0.1, -0.05) is 25.1 Å². The summed E-state index contributed by atoms with van der Waals surface area (Å²) in [5.41, 5.74) is 7.52. The summed E-state index contributed by atoms with van der Waals surface area (Å²) in [6, 6.07) is 7.63. The van der Waals surface area contributed by atoms with Crippen molar-refractivity contribution in [1.29, 1.82) is 0 Å². The van der Waals surface area contributed by atoms with Crippen LogP contribution in [-0.4, -0.2) is 23.5 Å². The third-order valence-corrected chi connectivity index (χ3v) is 3.51. The number of nitrogens with two attached hydrogens (primary N) is 1. The van der Waals surface area contributed by atoms with Crippen molar-refractivity contribution in [3.63, 3.8) is 0 Å². The standard InChI is InChI=1S/C13H20N2OS/c1-3-17-9-8-12(13(14)16)15-11-7-5-4-6-10(11)2/h4-7,12,15H,3,8-9H2,1-2H3,(H2,14,16). The van der Waals surface area contributed by atoms with Gasteiger partial charge in [0.2, 0.25) is 5.91 Å². The molecule has 1 atom stereocenters. The quantitative estimate of drug-likeness (QED) is 0.733. The number of benzene rings is 1. The molecule has 1 amide bonds. The smallest absolute Gasteiger partial charge is 0.239 e. The number of primary amides is 1. The first-order chi connectivity index (χ1) is 8.15. The van der Waals surface area contributed by atoms with E-state index < -0.39 is 0 Å². The molecule has 1 unspecified atom stereocenters. The van der Waals surface area contributed by atoms with Crippen molar-refractivity contribution in [1.82, 2.24) is 0 Å². The molecule has 0 saturated carbocycles. The SMILES string of the molecule is CCSCCC(Nc1ccccc1C)C(N)=O. The van der Waals surface area contributed by atoms with Gasteiger partial charge in [-0.15, -0.1) is 0 Å². The number of carbonyl (C=O) groups is 1. The fourth-order valence-electron chi connectivity index (χ4n) is 1.55. The second-order valence-electron chi connectivity index (χ2n) is 3.90. The summed E-state index contributed by atoms with van der Waals surface area (Å²) in [6.07, 6.45) is 0.766. The Morgan fingerprint density at radius 2 is 2.18 bits per heavy atom. The summed E-state index contributed by atoms with van der Waals surface area (Å²) < 4.78 is 0. The molecule has 0 aliphatic rings. The largest absolute Gasteiger partial charge is 0.373 e. The molecule has 0 heterocycles. The number of carbonyl (C=O) groups excluding carboxylic acids is 1. The van der Waals surface area contributed by atoms with E-state index in [-0.39, 0.29) is 11.9 Å². The lowest BCUT2D eigenvalue weighted by atomic mass is 10.1. The van der Waals surface area contributed by atoms with Crippen LogP contribution < -0.4 is 11.1 Å². The Balaban J connectivity index is 2.61. The molecule has 1 rings (SSSR count). The highest BCUT2D eigenvalue weighted by Gasteiger charge is 2.15. The first kappa shape index (κ1) is 13.9. The van der Waals surface area contributed by atoms with E-state index in [1.54, 1.807) is 0 Å². The highest BCUT2D eigenvalue weighted by atomic mass is 32.2. The van der Waals surface area contributed by atoms with Crippen molar-refractivity contribution < 1.29 is 4.79 Å². The predicted octanol–water partition coefficient (Wildman–Crippen LogP) is 2.40. The zero-order chi connectivity index (χ0) is 12.7. The van der Waals surface area contributed by atoms with Gasteiger partial charge in [0.15, 0.2) is 0 Å². The molecule has 0 radical (unpaired) electrons. The molecule has 3 nitrogen and oxygen atoms in total. The number of nitrogens with one attached hydrogen (secondary N) is 1. The van der Waals surface area contributed by atoms with Gasteiger partial charge in [-0.2, -0.15) is 11.8 Å². The Kier molecular flexibility index (Phi) is 5.91. The first-order valence-corrected chi connectivity index (χ1v) is 6.99. The van der Waals surface area contributed by atoms with Gasteiger partial charge in [-0.25, -0.2) is 0 Å². The molecular formula is C13H20N2OS. The monoisotopic (exact) mass is 252 g/mol. The zero-order valence-electron chi connectivity index (χ0n) is 10.4. The van der Waals surface area contributed by atoms with E-state index in [2.05, 4.69) is 12.2 Å². The summed E-state index contributed by atoms with van der Waals surface area (Å²) in [5, 5.41) is 3.22. The van der Waals surface area contributed by atoms with Gasteiger partial charge in [-0.05, 0) is 36.5 Å². The van der Waals surface area contributed by atoms with Crippen LogP contribution in [0.3, 0.4) is 0 Å². The Morgan fingerprint density at radius 3 is 2.76 bits per heavy atom. The average molecular weight is 252 g/mol. The van der Waals surface area contributed by atoms with Crippen molar-refractivity contribution in [3.8, 4) is 0 Å². The second-order valence-corrected chi connectivity index (χ2v) is 5.29. The van der Waals surface area contributed by atoms with Crippen LogP contribution in [0.25, 0.3) is 0 Å². The molecule has 0 aliphatic heterocycles. The molecule has 0 spiro atoms. The summed E-state index contributed by atoms with van der Waals surface area (Å²) in [6.45, 7) is 4.12. The molecule has 17 heavy (non-hydrogen) atoms. The molecule has 0 fully saturated rings. The van der Waals surface area contributed by atoms with Gasteiger partial charge >= 0.3 is 0 Å². The summed E-state index contributed by atoms with van der Waals surface area (Å²) >= 11 is 1.82. The second kappa shape index (κ2) is 7.22. The van der Waals surface area contributed by atoms with E-state index in [9.17, 15) is 4.79 Å². The highest BCUT2D eigenvalue weighted by molar-refractivity contribution is 7.99. The van der Waals surface area contributed by atoms with Crippen LogP contribution in [0.2, 0.25) is 0 Å². The molecule has 94 valence electrons. The molecule has 0 saturated heterocycles. The average Bonchev–Trinajstić information content (AvgIpc) is 2.30. The number of amides is 1. The molecular weight excluding hydrogens is 232 g/mol. The highest BCUT2D eigenvalue weighted by Crippen LogP contribution is 2.16. The maximum Gasteiger partial charge on any atom is 0.239 e. The van der Waals surface area contributed by atoms with Crippen LogP contribution in [0.5, 0.6) is 0 Å². The van der Waals surface area contributed by atoms with Crippen molar-refractivity contribution in [2.24, 2.45) is 5.73 Å². The van der Waals surface area contributed by atoms with E-state index in [0.29, 0.717) is 0 Å². The summed E-state index contributed by atoms with van der Waals surface area (Å²) in [4.78, 5) is 11.4. The van der Waals surface area contributed by atoms with E-state index in [4.69, 9.17) is 5.73 Å². The third kappa shape index (κ3) is 4.69. The summed E-state index contributed by atoms with van der Waals surface area (Å²) in [5.74, 6) is 1.73. The van der Waals surface area contributed by atoms with Gasteiger partial charge < -0.3 is 11.1 Å². The molecule has 0 aliphatic carbocycles. The van der Waals surface area contributed by atoms with Gasteiger partial charge in [0.05, 0.1) is 0 Å². The number of rotatable bonds is 7. The van der Waals surface area contributed by atoms with E-state index >= 15 is 0 Å². The van der Waals surface area contributed by atoms with E-state index in [1.807, 2.05) is 43.0 Å². The number of para-hydroxylation sites is 1. The molecule has 1 aromatic carbocycles. The lowest BCUT2D eigenvalue weighted by molar-refractivity contribution is -0.118. The van der Waals surface area contributed by atoms with Gasteiger partial charge in [0.1, 0.15) is 6.04 Å². The topological polar surface area (TPSA) is 55.1 Å². The molecule has 4 heteroatoms. The van der Waals surface area contributed by atoms with Crippen LogP contribution in [-0.2, 0) is 4.79 Å². The number of hydrogen-bond acceptors (Lipinski definition) is 3. The lowest BCUT2D eigenvalue weighted by Gasteiger charge is -2.17. The Bertz CT molecular complexity index is 368. The predicted molar refractivity (Wildman–Crippen MR) is 75.4 cm³/mol. The van der Waals surface area contributed by atoms with Crippen LogP contribution >= 0.6 is 11.8 Å². The Morgan fingerprint density at radius 1 is 1.47 bits per heavy atom. The van der Waals surface area contributed by atoms with Crippen molar-refractivity contribution in [2.45, 2.75) is 26.3 Å². The van der Waals surface area contributed by atoms with Crippen molar-refractivity contribution in [3.05, 3.63) is 29.8 Å². The number of anilines is 1. The first-order valence-electron chi connectivity index (χ1n) is 5.84. The zero-order valence-corrected chi connectivity index (χ0v) is 11.2. The molecule has 3 N–H and O–H groups in total. The van der Waals surface area contributed by atoms with Gasteiger partial charge in [0.25, 0.3) is 0 Å². The number of thioether (sulfide) groups is 1. The van der Waals surface area contributed by atoms with Crippen LogP contribution in [0.4, 0.5) is 5.69 Å². The summed E-state index contributed by atoms with van der Waals surface area (Å²) in [7, 11) is 0. The fraction of sp³-hybridized carbons (Fsp3) is 0.462. The lowest BCUT2D eigenvalue weighted by Crippen LogP contribution is -2.36. The van der Waals surface area contributed by atoms with Crippen LogP contribution in [0.15, 0.2) is 24.3 Å². The molecule has 1 aromatic rings. The molecule has 0 bridgehead atoms. The van der Waals surface area contributed by atoms with Gasteiger partial charge in [0, 0.05) is 5.69 Å². The maximum atomic E-state index is 11.4. The van der Waals surface area contributed by atoms with Crippen LogP contribution in [0.1, 0.15) is 18.9 Å². The van der Waals surface area contributed by atoms with Crippen molar-refractivity contribution in [2.75, 3.05) is 16.8 Å². The third-order valence-electron chi connectivity index (χ3n) is 2.57. The minimum atomic E-state index is -0.287.